The quantitative estimate of drug-likeness (QED) is 0.671. The van der Waals surface area contributed by atoms with Crippen molar-refractivity contribution < 1.29 is 14.0 Å². The fraction of sp³-hybridized carbons (Fsp3) is 0.440. The maximum Gasteiger partial charge on any atom is 0.256 e. The Hall–Kier alpha value is -2.48. The summed E-state index contributed by atoms with van der Waals surface area (Å²) in [7, 11) is 0. The molecule has 2 heterocycles. The van der Waals surface area contributed by atoms with Gasteiger partial charge < -0.3 is 9.80 Å². The van der Waals surface area contributed by atoms with Gasteiger partial charge in [-0.1, -0.05) is 35.9 Å². The molecule has 0 aliphatic carbocycles. The number of piperazine rings is 2. The van der Waals surface area contributed by atoms with E-state index in [-0.39, 0.29) is 17.4 Å². The standard InChI is InChI=1S/C25H30ClFN4O2/c1-19-4-2-3-5-20(19)17-28-8-12-30(13-9-28)24(32)18-29-10-14-31(15-11-29)25(33)22-16-21(26)6-7-23(22)27/h2-7,16H,8-15,17-18H2,1H3. The van der Waals surface area contributed by atoms with Gasteiger partial charge in [-0.3, -0.25) is 19.4 Å². The molecule has 0 aromatic heterocycles. The molecule has 2 aromatic rings. The van der Waals surface area contributed by atoms with Crippen molar-refractivity contribution in [3.63, 3.8) is 0 Å². The van der Waals surface area contributed by atoms with Crippen LogP contribution in [0, 0.1) is 12.7 Å². The third-order valence-electron chi connectivity index (χ3n) is 6.56. The largest absolute Gasteiger partial charge is 0.339 e. The van der Waals surface area contributed by atoms with Crippen molar-refractivity contribution in [2.45, 2.75) is 13.5 Å². The van der Waals surface area contributed by atoms with E-state index in [9.17, 15) is 14.0 Å². The molecule has 4 rings (SSSR count). The minimum Gasteiger partial charge on any atom is -0.339 e. The summed E-state index contributed by atoms with van der Waals surface area (Å²) in [6.07, 6.45) is 0. The SMILES string of the molecule is Cc1ccccc1CN1CCN(C(=O)CN2CCN(C(=O)c3cc(Cl)ccc3F)CC2)CC1. The van der Waals surface area contributed by atoms with Crippen LogP contribution in [-0.4, -0.2) is 90.3 Å². The highest BCUT2D eigenvalue weighted by Gasteiger charge is 2.27. The van der Waals surface area contributed by atoms with E-state index in [2.05, 4.69) is 41.0 Å². The highest BCUT2D eigenvalue weighted by molar-refractivity contribution is 6.31. The predicted molar refractivity (Wildman–Crippen MR) is 127 cm³/mol. The molecule has 2 aliphatic heterocycles. The van der Waals surface area contributed by atoms with Crippen LogP contribution in [0.3, 0.4) is 0 Å². The lowest BCUT2D eigenvalue weighted by Gasteiger charge is -2.38. The van der Waals surface area contributed by atoms with E-state index in [1.54, 1.807) is 4.90 Å². The Morgan fingerprint density at radius 1 is 0.879 bits per heavy atom. The van der Waals surface area contributed by atoms with Crippen molar-refractivity contribution in [2.75, 3.05) is 58.9 Å². The van der Waals surface area contributed by atoms with Crippen LogP contribution in [0.25, 0.3) is 0 Å². The lowest BCUT2D eigenvalue weighted by molar-refractivity contribution is -0.134. The fourth-order valence-electron chi connectivity index (χ4n) is 4.42. The summed E-state index contributed by atoms with van der Waals surface area (Å²) < 4.78 is 14.0. The molecule has 0 bridgehead atoms. The van der Waals surface area contributed by atoms with Gasteiger partial charge in [-0.05, 0) is 36.2 Å². The third kappa shape index (κ3) is 5.91. The van der Waals surface area contributed by atoms with Gasteiger partial charge in [0.25, 0.3) is 5.91 Å². The number of amides is 2. The topological polar surface area (TPSA) is 47.1 Å². The molecule has 0 radical (unpaired) electrons. The summed E-state index contributed by atoms with van der Waals surface area (Å²) in [5, 5.41) is 0.336. The number of carbonyl (C=O) groups excluding carboxylic acids is 2. The number of aryl methyl sites for hydroxylation is 1. The van der Waals surface area contributed by atoms with E-state index in [1.807, 2.05) is 4.90 Å². The van der Waals surface area contributed by atoms with E-state index in [1.165, 1.54) is 29.3 Å². The van der Waals surface area contributed by atoms with E-state index < -0.39 is 5.82 Å². The summed E-state index contributed by atoms with van der Waals surface area (Å²) in [5.41, 5.74) is 2.63. The second kappa shape index (κ2) is 10.6. The molecule has 2 amide bonds. The van der Waals surface area contributed by atoms with Crippen molar-refractivity contribution in [3.05, 3.63) is 70.0 Å². The van der Waals surface area contributed by atoms with Gasteiger partial charge in [-0.15, -0.1) is 0 Å². The molecule has 33 heavy (non-hydrogen) atoms. The number of hydrogen-bond acceptors (Lipinski definition) is 4. The molecule has 2 fully saturated rings. The fourth-order valence-corrected chi connectivity index (χ4v) is 4.59. The number of rotatable bonds is 5. The summed E-state index contributed by atoms with van der Waals surface area (Å²) in [6, 6.07) is 12.4. The predicted octanol–water partition coefficient (Wildman–Crippen LogP) is 2.89. The molecule has 8 heteroatoms. The molecule has 0 spiro atoms. The average molecular weight is 473 g/mol. The first kappa shape index (κ1) is 23.7. The van der Waals surface area contributed by atoms with Crippen LogP contribution in [-0.2, 0) is 11.3 Å². The number of nitrogens with zero attached hydrogens (tertiary/aromatic N) is 4. The van der Waals surface area contributed by atoms with Crippen LogP contribution in [0.2, 0.25) is 5.02 Å². The molecular formula is C25H30ClFN4O2. The summed E-state index contributed by atoms with van der Waals surface area (Å²) >= 11 is 5.92. The van der Waals surface area contributed by atoms with Gasteiger partial charge in [0.2, 0.25) is 5.91 Å². The van der Waals surface area contributed by atoms with E-state index >= 15 is 0 Å². The van der Waals surface area contributed by atoms with Gasteiger partial charge in [0.1, 0.15) is 5.82 Å². The minimum absolute atomic E-state index is 0.00408. The van der Waals surface area contributed by atoms with E-state index in [0.717, 1.165) is 32.7 Å². The number of halogens is 2. The molecule has 2 aliphatic rings. The molecular weight excluding hydrogens is 443 g/mol. The van der Waals surface area contributed by atoms with Crippen LogP contribution in [0.1, 0.15) is 21.5 Å². The zero-order valence-corrected chi connectivity index (χ0v) is 19.7. The molecule has 0 N–H and O–H groups in total. The first-order valence-electron chi connectivity index (χ1n) is 11.4. The molecule has 2 aromatic carbocycles. The Labute approximate surface area is 199 Å². The molecule has 0 saturated carbocycles. The Morgan fingerprint density at radius 2 is 1.52 bits per heavy atom. The number of carbonyl (C=O) groups is 2. The van der Waals surface area contributed by atoms with Crippen molar-refractivity contribution in [1.82, 2.24) is 19.6 Å². The Kier molecular flexibility index (Phi) is 7.63. The van der Waals surface area contributed by atoms with Crippen LogP contribution in [0.5, 0.6) is 0 Å². The third-order valence-corrected chi connectivity index (χ3v) is 6.79. The molecule has 0 unspecified atom stereocenters. The van der Waals surface area contributed by atoms with E-state index in [4.69, 9.17) is 11.6 Å². The zero-order valence-electron chi connectivity index (χ0n) is 19.0. The van der Waals surface area contributed by atoms with Crippen molar-refractivity contribution in [2.24, 2.45) is 0 Å². The number of hydrogen-bond donors (Lipinski definition) is 0. The Morgan fingerprint density at radius 3 is 2.21 bits per heavy atom. The van der Waals surface area contributed by atoms with Gasteiger partial charge in [-0.25, -0.2) is 4.39 Å². The zero-order chi connectivity index (χ0) is 23.4. The number of benzene rings is 2. The normalized spacial score (nSPS) is 17.9. The maximum atomic E-state index is 14.0. The smallest absolute Gasteiger partial charge is 0.256 e. The highest BCUT2D eigenvalue weighted by atomic mass is 35.5. The average Bonchev–Trinajstić information content (AvgIpc) is 2.82. The maximum absolute atomic E-state index is 14.0. The molecule has 6 nitrogen and oxygen atoms in total. The second-order valence-electron chi connectivity index (χ2n) is 8.78. The van der Waals surface area contributed by atoms with Crippen LogP contribution < -0.4 is 0 Å². The van der Waals surface area contributed by atoms with E-state index in [0.29, 0.717) is 37.7 Å². The van der Waals surface area contributed by atoms with Gasteiger partial charge in [0.15, 0.2) is 0 Å². The molecule has 2 saturated heterocycles. The first-order valence-corrected chi connectivity index (χ1v) is 11.8. The summed E-state index contributed by atoms with van der Waals surface area (Å²) in [6.45, 7) is 8.71. The van der Waals surface area contributed by atoms with Crippen molar-refractivity contribution >= 4 is 23.4 Å². The van der Waals surface area contributed by atoms with Crippen molar-refractivity contribution in [3.8, 4) is 0 Å². The van der Waals surface area contributed by atoms with Gasteiger partial charge in [-0.2, -0.15) is 0 Å². The van der Waals surface area contributed by atoms with Gasteiger partial charge in [0, 0.05) is 63.9 Å². The molecule has 176 valence electrons. The summed E-state index contributed by atoms with van der Waals surface area (Å²) in [4.78, 5) is 33.5. The molecule has 0 atom stereocenters. The summed E-state index contributed by atoms with van der Waals surface area (Å²) in [5.74, 6) is -0.791. The lowest BCUT2D eigenvalue weighted by Crippen LogP contribution is -2.54. The van der Waals surface area contributed by atoms with Gasteiger partial charge >= 0.3 is 0 Å². The van der Waals surface area contributed by atoms with Crippen LogP contribution >= 0.6 is 11.6 Å². The Bertz CT molecular complexity index is 1000. The van der Waals surface area contributed by atoms with Gasteiger partial charge in [0.05, 0.1) is 12.1 Å². The first-order chi connectivity index (χ1) is 15.9. The van der Waals surface area contributed by atoms with Crippen LogP contribution in [0.4, 0.5) is 4.39 Å². The highest BCUT2D eigenvalue weighted by Crippen LogP contribution is 2.18. The Balaban J connectivity index is 1.22. The van der Waals surface area contributed by atoms with Crippen molar-refractivity contribution in [1.29, 1.82) is 0 Å². The lowest BCUT2D eigenvalue weighted by atomic mass is 10.1. The second-order valence-corrected chi connectivity index (χ2v) is 9.21. The van der Waals surface area contributed by atoms with Crippen LogP contribution in [0.15, 0.2) is 42.5 Å². The monoisotopic (exact) mass is 472 g/mol. The minimum atomic E-state index is -0.566.